The number of benzene rings is 2. The van der Waals surface area contributed by atoms with Gasteiger partial charge in [-0.25, -0.2) is 19.2 Å². The second-order valence-electron chi connectivity index (χ2n) is 11.7. The molecule has 0 unspecified atom stereocenters. The highest BCUT2D eigenvalue weighted by Gasteiger charge is 2.44. The standard InChI is InChI=1S/C33H29F3N6O4/c34-24-12-20(15-37)4-5-22(24)17-45-29-3-1-2-25(39-29)21-6-10-41(11-7-21)16-28-40-30-26(42(28)19-33(18-38)8-9-33)13-23(31(43)44)14-27(30)46-32(35)36/h1-5,12-14,21,32H,6-11,16-17,19H2,(H,43,44). The van der Waals surface area contributed by atoms with Crippen molar-refractivity contribution in [1.29, 1.82) is 10.5 Å². The van der Waals surface area contributed by atoms with Crippen molar-refractivity contribution in [3.05, 3.63) is 82.6 Å². The Labute approximate surface area is 262 Å². The number of pyridine rings is 1. The molecule has 6 rings (SSSR count). The van der Waals surface area contributed by atoms with Crippen LogP contribution in [-0.4, -0.2) is 50.2 Å². The van der Waals surface area contributed by atoms with Crippen LogP contribution in [0.3, 0.4) is 0 Å². The zero-order valence-electron chi connectivity index (χ0n) is 24.6. The number of carboxylic acids is 1. The van der Waals surface area contributed by atoms with Gasteiger partial charge in [0.1, 0.15) is 23.8 Å². The topological polar surface area (TPSA) is 137 Å². The number of imidazole rings is 1. The summed E-state index contributed by atoms with van der Waals surface area (Å²) in [5.74, 6) is -1.07. The molecule has 1 aliphatic carbocycles. The van der Waals surface area contributed by atoms with Gasteiger partial charge in [0.2, 0.25) is 5.88 Å². The molecule has 0 atom stereocenters. The number of nitriles is 2. The van der Waals surface area contributed by atoms with Gasteiger partial charge < -0.3 is 19.1 Å². The van der Waals surface area contributed by atoms with Crippen LogP contribution < -0.4 is 9.47 Å². The fourth-order valence-electron chi connectivity index (χ4n) is 5.82. The third kappa shape index (κ3) is 6.60. The first-order chi connectivity index (χ1) is 22.2. The number of hydrogen-bond donors (Lipinski definition) is 1. The summed E-state index contributed by atoms with van der Waals surface area (Å²) in [6, 6.07) is 16.4. The molecule has 0 amide bonds. The number of piperidine rings is 1. The molecule has 0 spiro atoms. The first-order valence-corrected chi connectivity index (χ1v) is 14.8. The second kappa shape index (κ2) is 12.7. The van der Waals surface area contributed by atoms with Gasteiger partial charge in [0.15, 0.2) is 5.75 Å². The van der Waals surface area contributed by atoms with Gasteiger partial charge in [-0.1, -0.05) is 12.1 Å². The van der Waals surface area contributed by atoms with Gasteiger partial charge in [0.05, 0.1) is 40.7 Å². The molecule has 2 fully saturated rings. The van der Waals surface area contributed by atoms with E-state index in [2.05, 4.69) is 25.7 Å². The van der Waals surface area contributed by atoms with Crippen LogP contribution in [-0.2, 0) is 19.7 Å². The molecule has 1 aliphatic heterocycles. The minimum atomic E-state index is -3.16. The summed E-state index contributed by atoms with van der Waals surface area (Å²) in [6.07, 6.45) is 2.91. The molecule has 236 valence electrons. The van der Waals surface area contributed by atoms with Crippen LogP contribution >= 0.6 is 0 Å². The highest BCUT2D eigenvalue weighted by atomic mass is 19.3. The summed E-state index contributed by atoms with van der Waals surface area (Å²) in [5.41, 5.74) is 1.05. The molecule has 0 radical (unpaired) electrons. The van der Waals surface area contributed by atoms with E-state index >= 15 is 0 Å². The summed E-state index contributed by atoms with van der Waals surface area (Å²) < 4.78 is 53.0. The van der Waals surface area contributed by atoms with Crippen molar-refractivity contribution in [2.75, 3.05) is 13.1 Å². The minimum absolute atomic E-state index is 0.0292. The lowest BCUT2D eigenvalue weighted by Gasteiger charge is -2.31. The number of carbonyl (C=O) groups is 1. The number of likely N-dealkylation sites (tertiary alicyclic amines) is 1. The third-order valence-electron chi connectivity index (χ3n) is 8.59. The maximum Gasteiger partial charge on any atom is 0.387 e. The van der Waals surface area contributed by atoms with Gasteiger partial charge in [0, 0.05) is 29.8 Å². The minimum Gasteiger partial charge on any atom is -0.478 e. The molecule has 1 saturated carbocycles. The van der Waals surface area contributed by atoms with E-state index in [1.54, 1.807) is 10.6 Å². The number of hydrogen-bond acceptors (Lipinski definition) is 8. The Hall–Kier alpha value is -5.14. The van der Waals surface area contributed by atoms with E-state index in [0.717, 1.165) is 24.6 Å². The van der Waals surface area contributed by atoms with Crippen molar-refractivity contribution >= 4 is 17.0 Å². The maximum atomic E-state index is 14.3. The molecule has 2 aromatic heterocycles. The summed E-state index contributed by atoms with van der Waals surface area (Å²) in [5, 5.41) is 28.4. The van der Waals surface area contributed by atoms with Crippen molar-refractivity contribution in [2.45, 2.75) is 57.9 Å². The zero-order chi connectivity index (χ0) is 32.4. The molecule has 0 bridgehead atoms. The molecular weight excluding hydrogens is 601 g/mol. The molecule has 2 aliphatic rings. The van der Waals surface area contributed by atoms with E-state index in [1.165, 1.54) is 24.3 Å². The number of aromatic nitrogens is 3. The fourth-order valence-corrected chi connectivity index (χ4v) is 5.82. The van der Waals surface area contributed by atoms with Crippen LogP contribution in [0.15, 0.2) is 48.5 Å². The van der Waals surface area contributed by atoms with Crippen LogP contribution in [0.25, 0.3) is 11.0 Å². The smallest absolute Gasteiger partial charge is 0.387 e. The highest BCUT2D eigenvalue weighted by molar-refractivity contribution is 5.95. The second-order valence-corrected chi connectivity index (χ2v) is 11.7. The molecule has 10 nitrogen and oxygen atoms in total. The average molecular weight is 631 g/mol. The predicted octanol–water partition coefficient (Wildman–Crippen LogP) is 6.00. The fraction of sp³-hybridized carbons (Fsp3) is 0.364. The van der Waals surface area contributed by atoms with Crippen molar-refractivity contribution in [2.24, 2.45) is 5.41 Å². The van der Waals surface area contributed by atoms with E-state index in [4.69, 9.17) is 10.00 Å². The average Bonchev–Trinajstić information content (AvgIpc) is 3.75. The Bertz CT molecular complexity index is 1870. The van der Waals surface area contributed by atoms with Crippen molar-refractivity contribution in [1.82, 2.24) is 19.4 Å². The molecule has 4 aromatic rings. The van der Waals surface area contributed by atoms with Gasteiger partial charge in [-0.2, -0.15) is 19.3 Å². The Balaban J connectivity index is 1.17. The predicted molar refractivity (Wildman–Crippen MR) is 158 cm³/mol. The monoisotopic (exact) mass is 630 g/mol. The number of halogens is 3. The molecule has 1 saturated heterocycles. The maximum absolute atomic E-state index is 14.3. The number of nitrogens with zero attached hydrogens (tertiary/aromatic N) is 6. The number of rotatable bonds is 11. The Morgan fingerprint density at radius 2 is 1.89 bits per heavy atom. The Kier molecular flexibility index (Phi) is 8.52. The van der Waals surface area contributed by atoms with Crippen LogP contribution in [0.2, 0.25) is 0 Å². The quantitative estimate of drug-likeness (QED) is 0.211. The first-order valence-electron chi connectivity index (χ1n) is 14.8. The summed E-state index contributed by atoms with van der Waals surface area (Å²) in [4.78, 5) is 23.3. The van der Waals surface area contributed by atoms with Gasteiger partial charge in [-0.05, 0) is 69.1 Å². The normalized spacial score (nSPS) is 16.2. The number of alkyl halides is 2. The molecule has 13 heteroatoms. The molecule has 46 heavy (non-hydrogen) atoms. The lowest BCUT2D eigenvalue weighted by molar-refractivity contribution is -0.0489. The SMILES string of the molecule is N#Cc1ccc(COc2cccc(C3CCN(Cc4nc5c(OC(F)F)cc(C(=O)O)cc5n4CC4(C#N)CC4)CC3)n2)c(F)c1. The third-order valence-corrected chi connectivity index (χ3v) is 8.59. The lowest BCUT2D eigenvalue weighted by atomic mass is 9.93. The first kappa shape index (κ1) is 30.9. The van der Waals surface area contributed by atoms with E-state index in [-0.39, 0.29) is 41.5 Å². The van der Waals surface area contributed by atoms with E-state index in [9.17, 15) is 28.3 Å². The summed E-state index contributed by atoms with van der Waals surface area (Å²) in [7, 11) is 0. The van der Waals surface area contributed by atoms with Crippen molar-refractivity contribution < 1.29 is 32.5 Å². The van der Waals surface area contributed by atoms with Gasteiger partial charge in [0.25, 0.3) is 0 Å². The van der Waals surface area contributed by atoms with Crippen molar-refractivity contribution in [3.8, 4) is 23.8 Å². The van der Waals surface area contributed by atoms with Gasteiger partial charge >= 0.3 is 12.6 Å². The van der Waals surface area contributed by atoms with Crippen LogP contribution in [0.5, 0.6) is 11.6 Å². The highest BCUT2D eigenvalue weighted by Crippen LogP contribution is 2.47. The summed E-state index contributed by atoms with van der Waals surface area (Å²) in [6.45, 7) is -1.19. The largest absolute Gasteiger partial charge is 0.478 e. The van der Waals surface area contributed by atoms with Crippen LogP contribution in [0.4, 0.5) is 13.2 Å². The van der Waals surface area contributed by atoms with Crippen molar-refractivity contribution in [3.63, 3.8) is 0 Å². The van der Waals surface area contributed by atoms with E-state index in [1.807, 2.05) is 18.2 Å². The molecular formula is C33H29F3N6O4. The number of carboxylic acid groups (broad SMARTS) is 1. The van der Waals surface area contributed by atoms with E-state index in [0.29, 0.717) is 55.3 Å². The lowest BCUT2D eigenvalue weighted by Crippen LogP contribution is -2.33. The molecule has 3 heterocycles. The van der Waals surface area contributed by atoms with E-state index < -0.39 is 23.8 Å². The zero-order valence-corrected chi connectivity index (χ0v) is 24.6. The van der Waals surface area contributed by atoms with Crippen LogP contribution in [0.1, 0.15) is 64.6 Å². The van der Waals surface area contributed by atoms with Gasteiger partial charge in [-0.15, -0.1) is 0 Å². The Morgan fingerprint density at radius 3 is 2.54 bits per heavy atom. The summed E-state index contributed by atoms with van der Waals surface area (Å²) >= 11 is 0. The Morgan fingerprint density at radius 1 is 1.11 bits per heavy atom. The van der Waals surface area contributed by atoms with Crippen LogP contribution in [0, 0.1) is 33.9 Å². The van der Waals surface area contributed by atoms with Gasteiger partial charge in [-0.3, -0.25) is 4.90 Å². The number of fused-ring (bicyclic) bond motifs is 1. The molecule has 2 aromatic carbocycles. The number of ether oxygens (including phenoxy) is 2. The number of aromatic carboxylic acids is 1. The molecule has 1 N–H and O–H groups in total.